The molecule has 0 spiro atoms. The van der Waals surface area contributed by atoms with E-state index in [1.807, 2.05) is 30.3 Å². The number of fused-ring (bicyclic) bond motifs is 8. The van der Waals surface area contributed by atoms with Crippen molar-refractivity contribution in [2.24, 2.45) is 0 Å². The topological polar surface area (TPSA) is 34.2 Å². The minimum Gasteiger partial charge on any atom is -0.435 e. The van der Waals surface area contributed by atoms with Crippen LogP contribution in [0.5, 0.6) is 0 Å². The molecule has 0 bridgehead atoms. The van der Waals surface area contributed by atoms with Crippen LogP contribution in [0.4, 0.5) is 17.1 Å². The van der Waals surface area contributed by atoms with E-state index in [2.05, 4.69) is 204 Å². The van der Waals surface area contributed by atoms with Gasteiger partial charge in [-0.2, -0.15) is 0 Å². The van der Waals surface area contributed by atoms with Crippen molar-refractivity contribution in [3.8, 4) is 39.4 Å². The summed E-state index contributed by atoms with van der Waals surface area (Å²) in [6.45, 7) is 0. The molecule has 0 radical (unpaired) electrons. The van der Waals surface area contributed by atoms with Crippen LogP contribution >= 0.6 is 0 Å². The van der Waals surface area contributed by atoms with Crippen molar-refractivity contribution in [3.63, 3.8) is 0 Å². The Bertz CT molecular complexity index is 3590. The molecule has 0 amide bonds. The summed E-state index contributed by atoms with van der Waals surface area (Å²) in [6, 6.07) is 80.1. The van der Waals surface area contributed by atoms with Crippen LogP contribution in [-0.4, -0.2) is 9.55 Å². The molecule has 4 heteroatoms. The maximum absolute atomic E-state index is 6.68. The van der Waals surface area contributed by atoms with Gasteiger partial charge in [0.25, 0.3) is 0 Å². The second kappa shape index (κ2) is 14.3. The van der Waals surface area contributed by atoms with Gasteiger partial charge < -0.3 is 13.9 Å². The summed E-state index contributed by atoms with van der Waals surface area (Å²) in [5.41, 5.74) is 13.9. The first-order chi connectivity index (χ1) is 30.3. The van der Waals surface area contributed by atoms with Gasteiger partial charge in [0.05, 0.1) is 16.7 Å². The minimum atomic E-state index is 0.617. The summed E-state index contributed by atoms with van der Waals surface area (Å²) in [5, 5.41) is 6.78. The first kappa shape index (κ1) is 34.8. The molecule has 0 fully saturated rings. The average molecular weight is 780 g/mol. The third-order valence-corrected chi connectivity index (χ3v) is 12.0. The lowest BCUT2D eigenvalue weighted by Crippen LogP contribution is -2.11. The number of nitrogens with zero attached hydrogens (tertiary/aromatic N) is 3. The van der Waals surface area contributed by atoms with E-state index in [9.17, 15) is 0 Å². The molecule has 12 rings (SSSR count). The molecule has 0 saturated heterocycles. The highest BCUT2D eigenvalue weighted by atomic mass is 16.3. The first-order valence-electron chi connectivity index (χ1n) is 20.7. The van der Waals surface area contributed by atoms with E-state index in [4.69, 9.17) is 9.40 Å². The number of hydrogen-bond donors (Lipinski definition) is 0. The maximum atomic E-state index is 6.68. The molecule has 0 N–H and O–H groups in total. The van der Waals surface area contributed by atoms with Gasteiger partial charge in [-0.05, 0) is 106 Å². The Balaban J connectivity index is 1.13. The molecule has 286 valence electrons. The second-order valence-corrected chi connectivity index (χ2v) is 15.5. The molecule has 0 unspecified atom stereocenters. The van der Waals surface area contributed by atoms with Gasteiger partial charge >= 0.3 is 0 Å². The molecule has 12 aromatic rings. The molecule has 0 aliphatic carbocycles. The van der Waals surface area contributed by atoms with Gasteiger partial charge in [0.2, 0.25) is 5.89 Å². The third-order valence-electron chi connectivity index (χ3n) is 12.0. The van der Waals surface area contributed by atoms with Gasteiger partial charge in [0, 0.05) is 44.3 Å². The number of anilines is 3. The monoisotopic (exact) mass is 779 g/mol. The van der Waals surface area contributed by atoms with Gasteiger partial charge in [0.15, 0.2) is 5.58 Å². The number of para-hydroxylation sites is 3. The van der Waals surface area contributed by atoms with E-state index in [-0.39, 0.29) is 0 Å². The van der Waals surface area contributed by atoms with Crippen molar-refractivity contribution in [1.29, 1.82) is 0 Å². The van der Waals surface area contributed by atoms with E-state index in [1.165, 1.54) is 33.0 Å². The Morgan fingerprint density at radius 2 is 0.984 bits per heavy atom. The molecular formula is C57H37N3O. The van der Waals surface area contributed by atoms with Crippen LogP contribution in [0.2, 0.25) is 0 Å². The predicted molar refractivity (Wildman–Crippen MR) is 254 cm³/mol. The van der Waals surface area contributed by atoms with Crippen molar-refractivity contribution in [3.05, 3.63) is 224 Å². The van der Waals surface area contributed by atoms with Gasteiger partial charge in [-0.1, -0.05) is 152 Å². The van der Waals surface area contributed by atoms with E-state index < -0.39 is 0 Å². The lowest BCUT2D eigenvalue weighted by molar-refractivity contribution is 0.623. The summed E-state index contributed by atoms with van der Waals surface area (Å²) in [6.07, 6.45) is 0. The minimum absolute atomic E-state index is 0.617. The van der Waals surface area contributed by atoms with E-state index in [0.29, 0.717) is 5.89 Å². The van der Waals surface area contributed by atoms with Crippen molar-refractivity contribution in [2.45, 2.75) is 0 Å². The Morgan fingerprint density at radius 3 is 1.79 bits per heavy atom. The smallest absolute Gasteiger partial charge is 0.227 e. The molecular weight excluding hydrogens is 743 g/mol. The number of aromatic nitrogens is 2. The quantitative estimate of drug-likeness (QED) is 0.151. The van der Waals surface area contributed by atoms with Crippen molar-refractivity contribution in [1.82, 2.24) is 9.55 Å². The summed E-state index contributed by atoms with van der Waals surface area (Å²) in [5.74, 6) is 0.617. The molecule has 61 heavy (non-hydrogen) atoms. The van der Waals surface area contributed by atoms with Crippen molar-refractivity contribution < 1.29 is 4.42 Å². The zero-order valence-corrected chi connectivity index (χ0v) is 33.1. The lowest BCUT2D eigenvalue weighted by Gasteiger charge is -2.29. The molecule has 10 aromatic carbocycles. The number of oxazole rings is 1. The van der Waals surface area contributed by atoms with Crippen LogP contribution in [0.1, 0.15) is 0 Å². The summed E-state index contributed by atoms with van der Waals surface area (Å²) < 4.78 is 9.05. The lowest BCUT2D eigenvalue weighted by atomic mass is 9.93. The van der Waals surface area contributed by atoms with Crippen LogP contribution in [0.25, 0.3) is 93.8 Å². The zero-order chi connectivity index (χ0) is 40.3. The normalized spacial score (nSPS) is 11.6. The van der Waals surface area contributed by atoms with Gasteiger partial charge in [-0.15, -0.1) is 0 Å². The van der Waals surface area contributed by atoms with Crippen molar-refractivity contribution in [2.75, 3.05) is 4.90 Å². The van der Waals surface area contributed by atoms with Crippen LogP contribution in [0.15, 0.2) is 229 Å². The first-order valence-corrected chi connectivity index (χ1v) is 20.7. The van der Waals surface area contributed by atoms with Crippen molar-refractivity contribution >= 4 is 71.5 Å². The predicted octanol–water partition coefficient (Wildman–Crippen LogP) is 15.7. The van der Waals surface area contributed by atoms with Crippen LogP contribution in [0.3, 0.4) is 0 Å². The summed E-state index contributed by atoms with van der Waals surface area (Å²) in [4.78, 5) is 7.40. The fraction of sp³-hybridized carbons (Fsp3) is 0. The maximum Gasteiger partial charge on any atom is 0.227 e. The summed E-state index contributed by atoms with van der Waals surface area (Å²) >= 11 is 0. The molecule has 0 aliphatic heterocycles. The molecule has 4 nitrogen and oxygen atoms in total. The van der Waals surface area contributed by atoms with Crippen LogP contribution in [0, 0.1) is 0 Å². The SMILES string of the molecule is c1ccc(-c2nc3ccc4ccc5ccc(N(c6ccc7c(c6)c6ccccc6n7-c6ccccc6)c6ccccc6-c6ccccc6-c6ccccc6)cc5c4c3o2)cc1. The van der Waals surface area contributed by atoms with Gasteiger partial charge in [-0.3, -0.25) is 0 Å². The highest BCUT2D eigenvalue weighted by Crippen LogP contribution is 2.46. The number of hydrogen-bond acceptors (Lipinski definition) is 3. The molecule has 2 aromatic heterocycles. The van der Waals surface area contributed by atoms with E-state index in [1.54, 1.807) is 0 Å². The molecule has 0 aliphatic rings. The standard InChI is InChI=1S/C57H37N3O/c1-4-16-38(17-5-1)45-22-10-11-23-46(45)47-24-12-14-26-52(47)59(44-33-35-54-50(37-44)48-25-13-15-27-53(48)60(54)42-20-8-3-9-21-42)43-32-30-39-28-29-40-31-34-51-56(55(40)49(39)36-43)61-57(58-51)41-18-6-2-7-19-41/h1-37H. The number of rotatable bonds is 7. The highest BCUT2D eigenvalue weighted by Gasteiger charge is 2.22. The van der Waals surface area contributed by atoms with E-state index in [0.717, 1.165) is 72.0 Å². The average Bonchev–Trinajstić information content (AvgIpc) is 3.92. The fourth-order valence-corrected chi connectivity index (χ4v) is 9.22. The highest BCUT2D eigenvalue weighted by molar-refractivity contribution is 6.19. The Labute approximate surface area is 352 Å². The fourth-order valence-electron chi connectivity index (χ4n) is 9.22. The summed E-state index contributed by atoms with van der Waals surface area (Å²) in [7, 11) is 0. The van der Waals surface area contributed by atoms with E-state index >= 15 is 0 Å². The Hall–Kier alpha value is -8.21. The van der Waals surface area contributed by atoms with Gasteiger partial charge in [-0.25, -0.2) is 4.98 Å². The zero-order valence-electron chi connectivity index (χ0n) is 33.1. The molecule has 0 saturated carbocycles. The third kappa shape index (κ3) is 5.80. The molecule has 0 atom stereocenters. The van der Waals surface area contributed by atoms with Gasteiger partial charge in [0.1, 0.15) is 5.52 Å². The largest absolute Gasteiger partial charge is 0.435 e. The molecule has 2 heterocycles. The van der Waals surface area contributed by atoms with Crippen LogP contribution < -0.4 is 4.90 Å². The second-order valence-electron chi connectivity index (χ2n) is 15.5. The number of benzene rings is 10. The van der Waals surface area contributed by atoms with Crippen LogP contribution in [-0.2, 0) is 0 Å². The Kier molecular flexibility index (Phi) is 8.13. The Morgan fingerprint density at radius 1 is 0.410 bits per heavy atom.